The Morgan fingerprint density at radius 3 is 2.41 bits per heavy atom. The number of amides is 1. The van der Waals surface area contributed by atoms with E-state index in [4.69, 9.17) is 0 Å². The lowest BCUT2D eigenvalue weighted by Gasteiger charge is -2.05. The van der Waals surface area contributed by atoms with Gasteiger partial charge in [0.25, 0.3) is 5.91 Å². The molecule has 0 radical (unpaired) electrons. The molecule has 0 spiro atoms. The van der Waals surface area contributed by atoms with Crippen molar-refractivity contribution in [1.29, 1.82) is 0 Å². The van der Waals surface area contributed by atoms with Crippen LogP contribution in [-0.4, -0.2) is 15.9 Å². The van der Waals surface area contributed by atoms with E-state index in [1.54, 1.807) is 0 Å². The first-order valence-electron chi connectivity index (χ1n) is 5.45. The molecule has 86 valence electrons. The molecule has 2 aromatic rings. The maximum absolute atomic E-state index is 11.8. The molecular weight excluding hydrogens is 214 g/mol. The lowest BCUT2D eigenvalue weighted by molar-refractivity contribution is 0.102. The molecule has 2 rings (SSSR count). The van der Waals surface area contributed by atoms with Crippen molar-refractivity contribution in [3.05, 3.63) is 54.1 Å². The summed E-state index contributed by atoms with van der Waals surface area (Å²) in [7, 11) is 0. The Bertz CT molecular complexity index is 494. The number of anilines is 1. The van der Waals surface area contributed by atoms with E-state index < -0.39 is 0 Å². The van der Waals surface area contributed by atoms with Gasteiger partial charge in [-0.2, -0.15) is 0 Å². The van der Waals surface area contributed by atoms with E-state index in [0.717, 1.165) is 12.1 Å². The first kappa shape index (κ1) is 11.3. The summed E-state index contributed by atoms with van der Waals surface area (Å²) in [6, 6.07) is 7.77. The highest BCUT2D eigenvalue weighted by Gasteiger charge is 2.05. The van der Waals surface area contributed by atoms with Gasteiger partial charge in [0.15, 0.2) is 0 Å². The van der Waals surface area contributed by atoms with Gasteiger partial charge in [-0.05, 0) is 24.1 Å². The minimum atomic E-state index is -0.199. The fraction of sp³-hybridized carbons (Fsp3) is 0.154. The Kier molecular flexibility index (Phi) is 3.45. The Morgan fingerprint density at radius 1 is 1.18 bits per heavy atom. The number of benzene rings is 1. The molecule has 0 unspecified atom stereocenters. The summed E-state index contributed by atoms with van der Waals surface area (Å²) in [4.78, 5) is 19.4. The van der Waals surface area contributed by atoms with Gasteiger partial charge in [-0.1, -0.05) is 19.1 Å². The summed E-state index contributed by atoms with van der Waals surface area (Å²) in [5.74, 6) is -0.199. The summed E-state index contributed by atoms with van der Waals surface area (Å²) in [5, 5.41) is 2.79. The molecule has 0 aliphatic heterocycles. The highest BCUT2D eigenvalue weighted by atomic mass is 16.1. The minimum Gasteiger partial charge on any atom is -0.322 e. The zero-order chi connectivity index (χ0) is 12.1. The standard InChI is InChI=1S/C13H13N3O/c1-2-10-3-5-12(6-4-10)16-13(17)11-7-14-9-15-8-11/h3-9H,2H2,1H3,(H,16,17). The smallest absolute Gasteiger partial charge is 0.258 e. The summed E-state index contributed by atoms with van der Waals surface area (Å²) >= 11 is 0. The van der Waals surface area contributed by atoms with Gasteiger partial charge in [-0.15, -0.1) is 0 Å². The fourth-order valence-corrected chi connectivity index (χ4v) is 1.44. The highest BCUT2D eigenvalue weighted by molar-refractivity contribution is 6.03. The Labute approximate surface area is 99.7 Å². The van der Waals surface area contributed by atoms with Crippen LogP contribution >= 0.6 is 0 Å². The van der Waals surface area contributed by atoms with E-state index in [9.17, 15) is 4.79 Å². The van der Waals surface area contributed by atoms with E-state index in [2.05, 4.69) is 22.2 Å². The van der Waals surface area contributed by atoms with Crippen LogP contribution in [0.5, 0.6) is 0 Å². The van der Waals surface area contributed by atoms with Gasteiger partial charge in [0.2, 0.25) is 0 Å². The van der Waals surface area contributed by atoms with E-state index in [1.165, 1.54) is 24.3 Å². The second-order valence-electron chi connectivity index (χ2n) is 3.63. The number of rotatable bonds is 3. The summed E-state index contributed by atoms with van der Waals surface area (Å²) in [6.07, 6.45) is 5.36. The van der Waals surface area contributed by atoms with Crippen LogP contribution in [0.2, 0.25) is 0 Å². The Hall–Kier alpha value is -2.23. The molecule has 0 fully saturated rings. The van der Waals surface area contributed by atoms with Crippen molar-refractivity contribution < 1.29 is 4.79 Å². The number of aromatic nitrogens is 2. The summed E-state index contributed by atoms with van der Waals surface area (Å²) in [5.41, 5.74) is 2.47. The molecule has 4 heteroatoms. The van der Waals surface area contributed by atoms with Crippen molar-refractivity contribution in [2.45, 2.75) is 13.3 Å². The van der Waals surface area contributed by atoms with Crippen molar-refractivity contribution in [2.24, 2.45) is 0 Å². The highest BCUT2D eigenvalue weighted by Crippen LogP contribution is 2.11. The SMILES string of the molecule is CCc1ccc(NC(=O)c2cncnc2)cc1. The number of nitrogens with zero attached hydrogens (tertiary/aromatic N) is 2. The van der Waals surface area contributed by atoms with Crippen LogP contribution in [0.25, 0.3) is 0 Å². The second-order valence-corrected chi connectivity index (χ2v) is 3.63. The number of carbonyl (C=O) groups is 1. The maximum atomic E-state index is 11.8. The lowest BCUT2D eigenvalue weighted by atomic mass is 10.1. The van der Waals surface area contributed by atoms with E-state index in [1.807, 2.05) is 24.3 Å². The van der Waals surface area contributed by atoms with Crippen LogP contribution in [0.3, 0.4) is 0 Å². The number of nitrogens with one attached hydrogen (secondary N) is 1. The summed E-state index contributed by atoms with van der Waals surface area (Å²) < 4.78 is 0. The third-order valence-electron chi connectivity index (χ3n) is 2.44. The van der Waals surface area contributed by atoms with Crippen molar-refractivity contribution in [3.63, 3.8) is 0 Å². The molecule has 0 saturated carbocycles. The Morgan fingerprint density at radius 2 is 1.82 bits per heavy atom. The Balaban J connectivity index is 2.08. The molecule has 0 atom stereocenters. The number of carbonyl (C=O) groups excluding carboxylic acids is 1. The molecule has 1 aromatic carbocycles. The van der Waals surface area contributed by atoms with Gasteiger partial charge in [0.05, 0.1) is 5.56 Å². The van der Waals surface area contributed by atoms with Gasteiger partial charge in [0.1, 0.15) is 6.33 Å². The van der Waals surface area contributed by atoms with Gasteiger partial charge < -0.3 is 5.32 Å². The zero-order valence-electron chi connectivity index (χ0n) is 9.55. The quantitative estimate of drug-likeness (QED) is 0.875. The van der Waals surface area contributed by atoms with Crippen LogP contribution in [0, 0.1) is 0 Å². The minimum absolute atomic E-state index is 0.199. The molecule has 1 N–H and O–H groups in total. The zero-order valence-corrected chi connectivity index (χ0v) is 9.55. The molecule has 4 nitrogen and oxygen atoms in total. The molecular formula is C13H13N3O. The summed E-state index contributed by atoms with van der Waals surface area (Å²) in [6.45, 7) is 2.09. The largest absolute Gasteiger partial charge is 0.322 e. The van der Waals surface area contributed by atoms with Crippen LogP contribution in [0.1, 0.15) is 22.8 Å². The van der Waals surface area contributed by atoms with Gasteiger partial charge in [-0.25, -0.2) is 9.97 Å². The van der Waals surface area contributed by atoms with Crippen molar-refractivity contribution in [1.82, 2.24) is 9.97 Å². The van der Waals surface area contributed by atoms with Gasteiger partial charge >= 0.3 is 0 Å². The third-order valence-corrected chi connectivity index (χ3v) is 2.44. The van der Waals surface area contributed by atoms with Crippen LogP contribution < -0.4 is 5.32 Å². The maximum Gasteiger partial charge on any atom is 0.258 e. The molecule has 0 aliphatic carbocycles. The molecule has 0 saturated heterocycles. The third kappa shape index (κ3) is 2.87. The van der Waals surface area contributed by atoms with E-state index in [-0.39, 0.29) is 5.91 Å². The predicted octanol–water partition coefficient (Wildman–Crippen LogP) is 2.29. The van der Waals surface area contributed by atoms with E-state index >= 15 is 0 Å². The fourth-order valence-electron chi connectivity index (χ4n) is 1.44. The van der Waals surface area contributed by atoms with Gasteiger partial charge in [0, 0.05) is 18.1 Å². The predicted molar refractivity (Wildman–Crippen MR) is 65.8 cm³/mol. The second kappa shape index (κ2) is 5.21. The average molecular weight is 227 g/mol. The average Bonchev–Trinajstić information content (AvgIpc) is 2.40. The van der Waals surface area contributed by atoms with E-state index in [0.29, 0.717) is 5.56 Å². The van der Waals surface area contributed by atoms with Crippen molar-refractivity contribution >= 4 is 11.6 Å². The molecule has 1 aromatic heterocycles. The lowest BCUT2D eigenvalue weighted by Crippen LogP contribution is -2.12. The van der Waals surface area contributed by atoms with Crippen LogP contribution in [-0.2, 0) is 6.42 Å². The number of hydrogen-bond donors (Lipinski definition) is 1. The topological polar surface area (TPSA) is 54.9 Å². The molecule has 1 heterocycles. The van der Waals surface area contributed by atoms with Crippen LogP contribution in [0.15, 0.2) is 43.0 Å². The molecule has 1 amide bonds. The first-order chi connectivity index (χ1) is 8.29. The van der Waals surface area contributed by atoms with Crippen LogP contribution in [0.4, 0.5) is 5.69 Å². The molecule has 17 heavy (non-hydrogen) atoms. The van der Waals surface area contributed by atoms with Crippen molar-refractivity contribution in [2.75, 3.05) is 5.32 Å². The number of hydrogen-bond acceptors (Lipinski definition) is 3. The van der Waals surface area contributed by atoms with Crippen molar-refractivity contribution in [3.8, 4) is 0 Å². The van der Waals surface area contributed by atoms with Gasteiger partial charge in [-0.3, -0.25) is 4.79 Å². The molecule has 0 bridgehead atoms. The monoisotopic (exact) mass is 227 g/mol. The molecule has 0 aliphatic rings. The normalized spacial score (nSPS) is 9.94. The number of aryl methyl sites for hydroxylation is 1. The first-order valence-corrected chi connectivity index (χ1v) is 5.45.